The molecule has 2 aliphatic heterocycles. The smallest absolute Gasteiger partial charge is 0.260 e. The molecule has 0 bridgehead atoms. The summed E-state index contributed by atoms with van der Waals surface area (Å²) in [5.41, 5.74) is 3.91. The van der Waals surface area contributed by atoms with E-state index in [0.717, 1.165) is 57.4 Å². The maximum Gasteiger partial charge on any atom is 0.260 e. The zero-order valence-electron chi connectivity index (χ0n) is 22.5. The quantitative estimate of drug-likeness (QED) is 0.264. The van der Waals surface area contributed by atoms with E-state index in [1.807, 2.05) is 19.2 Å². The lowest BCUT2D eigenvalue weighted by molar-refractivity contribution is -0.188. The van der Waals surface area contributed by atoms with Crippen molar-refractivity contribution in [1.82, 2.24) is 9.96 Å². The number of hydrogen-bond acceptors (Lipinski definition) is 5. The van der Waals surface area contributed by atoms with Crippen molar-refractivity contribution < 1.29 is 14.4 Å². The van der Waals surface area contributed by atoms with Gasteiger partial charge < -0.3 is 4.74 Å². The zero-order chi connectivity index (χ0) is 25.2. The molecule has 35 heavy (non-hydrogen) atoms. The normalized spacial score (nSPS) is 20.6. The predicted octanol–water partition coefficient (Wildman–Crippen LogP) is 5.77. The van der Waals surface area contributed by atoms with Crippen LogP contribution >= 0.6 is 0 Å². The van der Waals surface area contributed by atoms with Gasteiger partial charge in [-0.3, -0.25) is 19.5 Å². The van der Waals surface area contributed by atoms with Gasteiger partial charge in [0.1, 0.15) is 5.75 Å². The first-order valence-corrected chi connectivity index (χ1v) is 13.6. The van der Waals surface area contributed by atoms with E-state index in [0.29, 0.717) is 37.6 Å². The first-order valence-electron chi connectivity index (χ1n) is 13.6. The van der Waals surface area contributed by atoms with Crippen LogP contribution in [-0.2, 0) is 16.1 Å². The third-order valence-corrected chi connectivity index (χ3v) is 7.00. The van der Waals surface area contributed by atoms with E-state index < -0.39 is 0 Å². The summed E-state index contributed by atoms with van der Waals surface area (Å²) in [7, 11) is 0. The van der Waals surface area contributed by atoms with Crippen molar-refractivity contribution in [1.29, 1.82) is 0 Å². The third-order valence-electron chi connectivity index (χ3n) is 7.00. The maximum absolute atomic E-state index is 13.2. The summed E-state index contributed by atoms with van der Waals surface area (Å²) in [4.78, 5) is 26.1. The molecular formula is C29H45N3O3. The van der Waals surface area contributed by atoms with Crippen molar-refractivity contribution in [3.05, 3.63) is 41.6 Å². The number of allylic oxidation sites excluding steroid dienone is 1. The standard InChI is InChI=1S/C29H45N3O3/c1-6-14-30-27(22(4)5)11-10-26-19-25(23-9-12-28-24(18-23)13-17-34-28)20-31(26)21-29(33)32(15-7-2)35-16-8-3/h6,9,12,14,18,22,25-26H,7-8,10-11,13,15-17,19-21H2,1-5H3/b14-6-,30-27?. The summed E-state index contributed by atoms with van der Waals surface area (Å²) in [6.07, 6.45) is 9.67. The Morgan fingerprint density at radius 2 is 2.14 bits per heavy atom. The molecular weight excluding hydrogens is 438 g/mol. The Labute approximate surface area is 212 Å². The predicted molar refractivity (Wildman–Crippen MR) is 143 cm³/mol. The number of hydrogen-bond donors (Lipinski definition) is 0. The molecule has 2 unspecified atom stereocenters. The topological polar surface area (TPSA) is 54.4 Å². The molecule has 0 radical (unpaired) electrons. The summed E-state index contributed by atoms with van der Waals surface area (Å²) >= 11 is 0. The van der Waals surface area contributed by atoms with Crippen LogP contribution in [0, 0.1) is 5.92 Å². The molecule has 0 spiro atoms. The molecule has 1 amide bonds. The van der Waals surface area contributed by atoms with Crippen molar-refractivity contribution >= 4 is 11.6 Å². The van der Waals surface area contributed by atoms with Gasteiger partial charge in [-0.05, 0) is 68.1 Å². The van der Waals surface area contributed by atoms with Gasteiger partial charge in [0.25, 0.3) is 5.91 Å². The molecule has 0 N–H and O–H groups in total. The van der Waals surface area contributed by atoms with Crippen LogP contribution in [0.25, 0.3) is 0 Å². The highest BCUT2D eigenvalue weighted by Gasteiger charge is 2.35. The van der Waals surface area contributed by atoms with Crippen LogP contribution in [0.15, 0.2) is 35.5 Å². The monoisotopic (exact) mass is 483 g/mol. The van der Waals surface area contributed by atoms with Gasteiger partial charge in [-0.15, -0.1) is 0 Å². The Morgan fingerprint density at radius 1 is 1.31 bits per heavy atom. The molecule has 1 aromatic rings. The molecule has 2 heterocycles. The lowest BCUT2D eigenvalue weighted by Crippen LogP contribution is -2.43. The number of nitrogens with zero attached hydrogens (tertiary/aromatic N) is 3. The molecule has 0 aromatic heterocycles. The first kappa shape index (κ1) is 27.4. The van der Waals surface area contributed by atoms with Crippen LogP contribution in [-0.4, -0.2) is 60.5 Å². The van der Waals surface area contributed by atoms with Gasteiger partial charge in [-0.2, -0.15) is 0 Å². The minimum Gasteiger partial charge on any atom is -0.493 e. The number of benzene rings is 1. The van der Waals surface area contributed by atoms with E-state index in [2.05, 4.69) is 50.8 Å². The van der Waals surface area contributed by atoms with Gasteiger partial charge in [0, 0.05) is 37.5 Å². The molecule has 194 valence electrons. The lowest BCUT2D eigenvalue weighted by atomic mass is 9.92. The van der Waals surface area contributed by atoms with Crippen molar-refractivity contribution in [3.63, 3.8) is 0 Å². The highest BCUT2D eigenvalue weighted by Crippen LogP contribution is 2.37. The van der Waals surface area contributed by atoms with Crippen molar-refractivity contribution in [2.24, 2.45) is 10.9 Å². The van der Waals surface area contributed by atoms with E-state index in [-0.39, 0.29) is 5.91 Å². The second kappa shape index (κ2) is 13.8. The van der Waals surface area contributed by atoms with Crippen LogP contribution in [0.3, 0.4) is 0 Å². The van der Waals surface area contributed by atoms with E-state index in [1.165, 1.54) is 16.8 Å². The lowest BCUT2D eigenvalue weighted by Gasteiger charge is -2.28. The number of hydroxylamine groups is 2. The molecule has 1 saturated heterocycles. The molecule has 1 fully saturated rings. The summed E-state index contributed by atoms with van der Waals surface area (Å²) in [6, 6.07) is 7.02. The Kier molecular flexibility index (Phi) is 10.8. The van der Waals surface area contributed by atoms with E-state index in [1.54, 1.807) is 5.06 Å². The Bertz CT molecular complexity index is 880. The van der Waals surface area contributed by atoms with Gasteiger partial charge >= 0.3 is 0 Å². The van der Waals surface area contributed by atoms with E-state index >= 15 is 0 Å². The third kappa shape index (κ3) is 7.65. The number of carbonyl (C=O) groups excluding carboxylic acids is 1. The number of carbonyl (C=O) groups is 1. The van der Waals surface area contributed by atoms with Crippen molar-refractivity contribution in [2.75, 3.05) is 32.8 Å². The number of fused-ring (bicyclic) bond motifs is 1. The molecule has 0 saturated carbocycles. The van der Waals surface area contributed by atoms with Crippen LogP contribution < -0.4 is 4.74 Å². The average molecular weight is 484 g/mol. The summed E-state index contributed by atoms with van der Waals surface area (Å²) < 4.78 is 5.72. The fourth-order valence-corrected chi connectivity index (χ4v) is 5.09. The Balaban J connectivity index is 1.75. The van der Waals surface area contributed by atoms with Gasteiger partial charge in [-0.25, -0.2) is 5.06 Å². The number of ether oxygens (including phenoxy) is 1. The average Bonchev–Trinajstić information content (AvgIpc) is 3.48. The van der Waals surface area contributed by atoms with Gasteiger partial charge in [0.05, 0.1) is 19.8 Å². The largest absolute Gasteiger partial charge is 0.493 e. The Hall–Kier alpha value is -2.18. The number of likely N-dealkylation sites (tertiary alicyclic amines) is 1. The van der Waals surface area contributed by atoms with E-state index in [9.17, 15) is 4.79 Å². The number of amides is 1. The minimum absolute atomic E-state index is 0.0694. The van der Waals surface area contributed by atoms with Crippen molar-refractivity contribution in [2.45, 2.75) is 85.1 Å². The number of aliphatic imine (C=N–C) groups is 1. The summed E-state index contributed by atoms with van der Waals surface area (Å²) in [5.74, 6) is 1.93. The van der Waals surface area contributed by atoms with Gasteiger partial charge in [0.15, 0.2) is 0 Å². The SMILES string of the molecule is C/C=C\N=C(CCC1CC(c2ccc3c(c2)CCO3)CN1CC(=O)N(CCC)OCCC)C(C)C. The summed E-state index contributed by atoms with van der Waals surface area (Å²) in [5, 5.41) is 1.59. The fourth-order valence-electron chi connectivity index (χ4n) is 5.09. The van der Waals surface area contributed by atoms with E-state index in [4.69, 9.17) is 14.6 Å². The van der Waals surface area contributed by atoms with Gasteiger partial charge in [0.2, 0.25) is 0 Å². The molecule has 2 aliphatic rings. The summed E-state index contributed by atoms with van der Waals surface area (Å²) in [6.45, 7) is 13.9. The second-order valence-electron chi connectivity index (χ2n) is 10.1. The Morgan fingerprint density at radius 3 is 2.86 bits per heavy atom. The first-order chi connectivity index (χ1) is 17.0. The highest BCUT2D eigenvalue weighted by atomic mass is 16.7. The molecule has 2 atom stereocenters. The second-order valence-corrected chi connectivity index (χ2v) is 10.1. The van der Waals surface area contributed by atoms with Crippen LogP contribution in [0.4, 0.5) is 0 Å². The van der Waals surface area contributed by atoms with Crippen molar-refractivity contribution in [3.8, 4) is 5.75 Å². The van der Waals surface area contributed by atoms with Crippen LogP contribution in [0.1, 0.15) is 83.8 Å². The fraction of sp³-hybridized carbons (Fsp3) is 0.655. The molecule has 6 nitrogen and oxygen atoms in total. The highest BCUT2D eigenvalue weighted by molar-refractivity contribution is 5.86. The molecule has 3 rings (SSSR count). The minimum atomic E-state index is 0.0694. The van der Waals surface area contributed by atoms with Crippen LogP contribution in [0.5, 0.6) is 5.75 Å². The molecule has 6 heteroatoms. The van der Waals surface area contributed by atoms with Crippen LogP contribution in [0.2, 0.25) is 0 Å². The zero-order valence-corrected chi connectivity index (χ0v) is 22.5. The van der Waals surface area contributed by atoms with Gasteiger partial charge in [-0.1, -0.05) is 45.9 Å². The maximum atomic E-state index is 13.2. The molecule has 1 aromatic carbocycles. The molecule has 0 aliphatic carbocycles. The number of rotatable bonds is 13.